The van der Waals surface area contributed by atoms with Gasteiger partial charge in [0.25, 0.3) is 0 Å². The van der Waals surface area contributed by atoms with E-state index in [4.69, 9.17) is 0 Å². The van der Waals surface area contributed by atoms with E-state index < -0.39 is 107 Å². The van der Waals surface area contributed by atoms with E-state index in [0.29, 0.717) is 11.2 Å². The first kappa shape index (κ1) is 36.2. The molecule has 3 atom stereocenters. The largest absolute Gasteiger partial charge is 0.481 e. The highest BCUT2D eigenvalue weighted by atomic mass is 19.2. The molecule has 1 heterocycles. The molecule has 3 aromatic rings. The van der Waals surface area contributed by atoms with E-state index >= 15 is 0 Å². The van der Waals surface area contributed by atoms with Gasteiger partial charge in [-0.2, -0.15) is 4.80 Å². The van der Waals surface area contributed by atoms with Crippen molar-refractivity contribution in [2.45, 2.75) is 64.7 Å². The first-order valence-electron chi connectivity index (χ1n) is 14.1. The molecule has 1 unspecified atom stereocenters. The smallest absolute Gasteiger partial charge is 0.305 e. The molecule has 0 spiro atoms. The Morgan fingerprint density at radius 2 is 1.43 bits per heavy atom. The zero-order valence-electron chi connectivity index (χ0n) is 25.2. The van der Waals surface area contributed by atoms with Crippen LogP contribution < -0.4 is 16.0 Å². The van der Waals surface area contributed by atoms with Crippen LogP contribution >= 0.6 is 0 Å². The third kappa shape index (κ3) is 9.36. The van der Waals surface area contributed by atoms with Crippen LogP contribution in [0.25, 0.3) is 11.4 Å². The topological polar surface area (TPSA) is 185 Å². The standard InChI is InChI=1S/C29H30F5N7O6/c1-13(2)26(37-18(43)10-9-15-7-5-4-6-8-15)29(47)35-14(3)28(46)36-16(11-19(44)45)17(42)12-41-39-27(38-40-41)20-21(30)23(32)25(34)24(33)22(20)31/h4-8,13-14,16,26H,9-12H2,1-3H3,(H,35,47)(H,36,46)(H,37,43)(H,44,45)/t14-,16?,26-/m0/s1. The lowest BCUT2D eigenvalue weighted by atomic mass is 10.0. The van der Waals surface area contributed by atoms with Crippen molar-refractivity contribution in [2.24, 2.45) is 5.92 Å². The monoisotopic (exact) mass is 667 g/mol. The van der Waals surface area contributed by atoms with E-state index in [-0.39, 0.29) is 6.42 Å². The molecule has 2 aromatic carbocycles. The summed E-state index contributed by atoms with van der Waals surface area (Å²) in [6, 6.07) is 5.10. The fourth-order valence-corrected chi connectivity index (χ4v) is 4.23. The normalized spacial score (nSPS) is 13.0. The summed E-state index contributed by atoms with van der Waals surface area (Å²) in [5.74, 6) is -17.6. The summed E-state index contributed by atoms with van der Waals surface area (Å²) in [5.41, 5.74) is -0.586. The Kier molecular flexibility index (Phi) is 12.2. The van der Waals surface area contributed by atoms with Gasteiger partial charge in [-0.15, -0.1) is 10.2 Å². The van der Waals surface area contributed by atoms with Gasteiger partial charge < -0.3 is 21.1 Å². The van der Waals surface area contributed by atoms with Crippen molar-refractivity contribution in [2.75, 3.05) is 0 Å². The molecule has 13 nitrogen and oxygen atoms in total. The minimum absolute atomic E-state index is 0.0964. The number of amides is 3. The number of tetrazole rings is 1. The second-order valence-corrected chi connectivity index (χ2v) is 10.7. The second kappa shape index (κ2) is 15.8. The Morgan fingerprint density at radius 1 is 0.830 bits per heavy atom. The molecule has 0 radical (unpaired) electrons. The maximum Gasteiger partial charge on any atom is 0.305 e. The molecule has 0 fully saturated rings. The number of aryl methyl sites for hydroxylation is 1. The predicted octanol–water partition coefficient (Wildman–Crippen LogP) is 1.84. The van der Waals surface area contributed by atoms with Gasteiger partial charge in [0.05, 0.1) is 6.42 Å². The van der Waals surface area contributed by atoms with Crippen LogP contribution in [-0.2, 0) is 36.9 Å². The van der Waals surface area contributed by atoms with Crippen molar-refractivity contribution in [3.05, 3.63) is 65.0 Å². The minimum Gasteiger partial charge on any atom is -0.481 e. The minimum atomic E-state index is -2.41. The molecule has 0 saturated heterocycles. The van der Waals surface area contributed by atoms with Crippen LogP contribution in [-0.4, -0.2) is 72.9 Å². The number of hydrogen-bond acceptors (Lipinski definition) is 8. The number of carbonyl (C=O) groups excluding carboxylic acids is 4. The number of benzene rings is 2. The highest BCUT2D eigenvalue weighted by Gasteiger charge is 2.32. The van der Waals surface area contributed by atoms with Crippen LogP contribution in [0.3, 0.4) is 0 Å². The van der Waals surface area contributed by atoms with Gasteiger partial charge in [0, 0.05) is 6.42 Å². The number of carboxylic acid groups (broad SMARTS) is 1. The highest BCUT2D eigenvalue weighted by molar-refractivity contribution is 5.95. The number of Topliss-reactive ketones (excluding diaryl/α,β-unsaturated/α-hetero) is 1. The van der Waals surface area contributed by atoms with Gasteiger partial charge in [0.1, 0.15) is 30.2 Å². The van der Waals surface area contributed by atoms with Crippen LogP contribution in [0, 0.1) is 35.0 Å². The number of hydrogen-bond donors (Lipinski definition) is 4. The van der Waals surface area contributed by atoms with Gasteiger partial charge >= 0.3 is 5.97 Å². The van der Waals surface area contributed by atoms with Crippen molar-refractivity contribution in [3.8, 4) is 11.4 Å². The third-order valence-corrected chi connectivity index (χ3v) is 6.77. The first-order valence-corrected chi connectivity index (χ1v) is 14.1. The van der Waals surface area contributed by atoms with Crippen LogP contribution in [0.15, 0.2) is 30.3 Å². The number of rotatable bonds is 15. The molecular formula is C29H30F5N7O6. The molecule has 252 valence electrons. The van der Waals surface area contributed by atoms with Gasteiger partial charge in [0.2, 0.25) is 29.4 Å². The molecule has 47 heavy (non-hydrogen) atoms. The average Bonchev–Trinajstić information content (AvgIpc) is 3.47. The summed E-state index contributed by atoms with van der Waals surface area (Å²) in [6.45, 7) is 3.65. The molecule has 3 rings (SSSR count). The Bertz CT molecular complexity index is 1620. The third-order valence-electron chi connectivity index (χ3n) is 6.77. The fraction of sp³-hybridized carbons (Fsp3) is 0.379. The Hall–Kier alpha value is -5.29. The van der Waals surface area contributed by atoms with Crippen molar-refractivity contribution in [3.63, 3.8) is 0 Å². The lowest BCUT2D eigenvalue weighted by Gasteiger charge is -2.25. The molecule has 18 heteroatoms. The van der Waals surface area contributed by atoms with Crippen molar-refractivity contribution in [1.29, 1.82) is 0 Å². The van der Waals surface area contributed by atoms with E-state index in [0.717, 1.165) is 5.56 Å². The van der Waals surface area contributed by atoms with E-state index in [2.05, 4.69) is 31.4 Å². The summed E-state index contributed by atoms with van der Waals surface area (Å²) in [7, 11) is 0. The van der Waals surface area contributed by atoms with E-state index in [1.165, 1.54) is 6.92 Å². The van der Waals surface area contributed by atoms with Gasteiger partial charge in [0.15, 0.2) is 29.1 Å². The SMILES string of the molecule is CC(C)[C@H](NC(=O)CCc1ccccc1)C(=O)N[C@@H](C)C(=O)NC(CC(=O)O)C(=O)Cn1nnc(-c2c(F)c(F)c(F)c(F)c2F)n1. The second-order valence-electron chi connectivity index (χ2n) is 10.7. The number of nitrogens with one attached hydrogen (secondary N) is 3. The molecule has 0 aliphatic rings. The molecule has 0 bridgehead atoms. The number of ketones is 1. The van der Waals surface area contributed by atoms with Crippen molar-refractivity contribution < 1.29 is 51.0 Å². The maximum atomic E-state index is 14.1. The predicted molar refractivity (Wildman–Crippen MR) is 151 cm³/mol. The highest BCUT2D eigenvalue weighted by Crippen LogP contribution is 2.29. The summed E-state index contributed by atoms with van der Waals surface area (Å²) < 4.78 is 68.8. The molecule has 4 N–H and O–H groups in total. The van der Waals surface area contributed by atoms with Crippen LogP contribution in [0.4, 0.5) is 22.0 Å². The molecule has 1 aromatic heterocycles. The molecule has 3 amide bonds. The summed E-state index contributed by atoms with van der Waals surface area (Å²) in [4.78, 5) is 63.0. The summed E-state index contributed by atoms with van der Waals surface area (Å²) >= 11 is 0. The lowest BCUT2D eigenvalue weighted by molar-refractivity contribution is -0.140. The van der Waals surface area contributed by atoms with Crippen LogP contribution in [0.2, 0.25) is 0 Å². The fourth-order valence-electron chi connectivity index (χ4n) is 4.23. The Balaban J connectivity index is 1.65. The first-order chi connectivity index (χ1) is 22.1. The van der Waals surface area contributed by atoms with E-state index in [1.807, 2.05) is 30.3 Å². The maximum absolute atomic E-state index is 14.1. The number of carbonyl (C=O) groups is 5. The van der Waals surface area contributed by atoms with Gasteiger partial charge in [-0.25, -0.2) is 22.0 Å². The van der Waals surface area contributed by atoms with Gasteiger partial charge in [-0.1, -0.05) is 44.2 Å². The Labute approximate surface area is 263 Å². The van der Waals surface area contributed by atoms with Crippen LogP contribution in [0.1, 0.15) is 39.2 Å². The quantitative estimate of drug-likeness (QED) is 0.107. The van der Waals surface area contributed by atoms with Gasteiger partial charge in [-0.05, 0) is 30.0 Å². The Morgan fingerprint density at radius 3 is 2.00 bits per heavy atom. The molecular weight excluding hydrogens is 637 g/mol. The van der Waals surface area contributed by atoms with E-state index in [9.17, 15) is 51.0 Å². The lowest BCUT2D eigenvalue weighted by Crippen LogP contribution is -2.56. The number of aliphatic carboxylic acids is 1. The van der Waals surface area contributed by atoms with Gasteiger partial charge in [-0.3, -0.25) is 24.0 Å². The van der Waals surface area contributed by atoms with E-state index in [1.54, 1.807) is 13.8 Å². The number of nitrogens with zero attached hydrogens (tertiary/aromatic N) is 4. The summed E-state index contributed by atoms with van der Waals surface area (Å²) in [6.07, 6.45) is -0.421. The van der Waals surface area contributed by atoms with Crippen molar-refractivity contribution in [1.82, 2.24) is 36.2 Å². The number of halogens is 5. The van der Waals surface area contributed by atoms with Crippen LogP contribution in [0.5, 0.6) is 0 Å². The zero-order chi connectivity index (χ0) is 35.0. The number of aromatic nitrogens is 4. The molecule has 0 saturated carbocycles. The average molecular weight is 668 g/mol. The number of carboxylic acids is 1. The summed E-state index contributed by atoms with van der Waals surface area (Å²) in [5, 5.41) is 26.5. The zero-order valence-corrected chi connectivity index (χ0v) is 25.2. The molecule has 0 aliphatic carbocycles. The molecule has 0 aliphatic heterocycles. The van der Waals surface area contributed by atoms with Crippen molar-refractivity contribution >= 4 is 29.5 Å².